The minimum absolute atomic E-state index is 0.0866. The summed E-state index contributed by atoms with van der Waals surface area (Å²) in [6.07, 6.45) is 3.38. The van der Waals surface area contributed by atoms with Gasteiger partial charge in [0.2, 0.25) is 0 Å². The van der Waals surface area contributed by atoms with Crippen LogP contribution in [0.1, 0.15) is 16.2 Å². The molecule has 0 amide bonds. The molecule has 0 radical (unpaired) electrons. The second-order valence-corrected chi connectivity index (χ2v) is 3.84. The first-order valence-electron chi connectivity index (χ1n) is 5.34. The lowest BCUT2D eigenvalue weighted by molar-refractivity contribution is 0.0696. The molecule has 94 valence electrons. The van der Waals surface area contributed by atoms with Crippen molar-refractivity contribution in [2.45, 2.75) is 13.0 Å². The fourth-order valence-electron chi connectivity index (χ4n) is 1.55. The third-order valence-corrected chi connectivity index (χ3v) is 2.45. The van der Waals surface area contributed by atoms with Crippen LogP contribution < -0.4 is 5.56 Å². The summed E-state index contributed by atoms with van der Waals surface area (Å²) < 4.78 is 2.92. The van der Waals surface area contributed by atoms with Crippen molar-refractivity contribution in [3.63, 3.8) is 0 Å². The Morgan fingerprint density at radius 3 is 2.83 bits per heavy atom. The van der Waals surface area contributed by atoms with Crippen LogP contribution in [0.3, 0.4) is 0 Å². The molecular formula is C11H12N4O3. The summed E-state index contributed by atoms with van der Waals surface area (Å²) in [5.41, 5.74) is -0.153. The molecule has 0 fully saturated rings. The number of rotatable bonds is 4. The second kappa shape index (κ2) is 4.82. The smallest absolute Gasteiger partial charge is 0.337 e. The van der Waals surface area contributed by atoms with Gasteiger partial charge in [-0.15, -0.1) is 0 Å². The molecule has 0 aliphatic heterocycles. The van der Waals surface area contributed by atoms with Gasteiger partial charge in [-0.25, -0.2) is 9.78 Å². The predicted octanol–water partition coefficient (Wildman–Crippen LogP) is -0.0823. The van der Waals surface area contributed by atoms with Crippen molar-refractivity contribution in [3.8, 4) is 0 Å². The molecule has 7 nitrogen and oxygen atoms in total. The normalized spacial score (nSPS) is 10.5. The molecule has 0 atom stereocenters. The van der Waals surface area contributed by atoms with Crippen molar-refractivity contribution in [3.05, 3.63) is 46.4 Å². The molecule has 2 aromatic rings. The maximum Gasteiger partial charge on any atom is 0.337 e. The van der Waals surface area contributed by atoms with E-state index in [-0.39, 0.29) is 11.1 Å². The van der Waals surface area contributed by atoms with Crippen LogP contribution in [0.25, 0.3) is 0 Å². The summed E-state index contributed by atoms with van der Waals surface area (Å²) in [6, 6.07) is 2.54. The standard InChI is InChI=1S/C11H12N4O3/c1-14-7-12-9(13-14)4-5-15-6-8(11(17)18)2-3-10(15)16/h2-3,6-7H,4-5H2,1H3,(H,17,18). The summed E-state index contributed by atoms with van der Waals surface area (Å²) in [6.45, 7) is 0.351. The highest BCUT2D eigenvalue weighted by Crippen LogP contribution is 1.98. The Kier molecular flexibility index (Phi) is 3.22. The topological polar surface area (TPSA) is 90.0 Å². The van der Waals surface area contributed by atoms with Crippen molar-refractivity contribution in [1.82, 2.24) is 19.3 Å². The van der Waals surface area contributed by atoms with Gasteiger partial charge in [0.05, 0.1) is 5.56 Å². The Morgan fingerprint density at radius 1 is 1.44 bits per heavy atom. The molecular weight excluding hydrogens is 236 g/mol. The maximum atomic E-state index is 11.5. The number of hydrogen-bond donors (Lipinski definition) is 1. The van der Waals surface area contributed by atoms with E-state index in [2.05, 4.69) is 10.1 Å². The third kappa shape index (κ3) is 2.62. The Morgan fingerprint density at radius 2 is 2.22 bits per heavy atom. The number of aromatic nitrogens is 4. The number of aryl methyl sites for hydroxylation is 3. The first-order chi connectivity index (χ1) is 8.56. The van der Waals surface area contributed by atoms with Crippen LogP contribution in [-0.2, 0) is 20.0 Å². The zero-order valence-corrected chi connectivity index (χ0v) is 9.78. The van der Waals surface area contributed by atoms with Gasteiger partial charge in [-0.2, -0.15) is 5.10 Å². The lowest BCUT2D eigenvalue weighted by Gasteiger charge is -2.04. The minimum Gasteiger partial charge on any atom is -0.478 e. The number of carboxylic acids is 1. The summed E-state index contributed by atoms with van der Waals surface area (Å²) in [5, 5.41) is 12.9. The van der Waals surface area contributed by atoms with Crippen LogP contribution in [0.4, 0.5) is 0 Å². The Labute approximate surface area is 102 Å². The maximum absolute atomic E-state index is 11.5. The van der Waals surface area contributed by atoms with E-state index in [9.17, 15) is 9.59 Å². The van der Waals surface area contributed by atoms with E-state index in [1.807, 2.05) is 0 Å². The monoisotopic (exact) mass is 248 g/mol. The van der Waals surface area contributed by atoms with Crippen molar-refractivity contribution in [1.29, 1.82) is 0 Å². The first kappa shape index (κ1) is 12.0. The highest BCUT2D eigenvalue weighted by atomic mass is 16.4. The fraction of sp³-hybridized carbons (Fsp3) is 0.273. The van der Waals surface area contributed by atoms with Crippen molar-refractivity contribution in [2.75, 3.05) is 0 Å². The number of carboxylic acid groups (broad SMARTS) is 1. The van der Waals surface area contributed by atoms with E-state index in [0.717, 1.165) is 0 Å². The summed E-state index contributed by atoms with van der Waals surface area (Å²) in [4.78, 5) is 26.4. The van der Waals surface area contributed by atoms with E-state index in [1.165, 1.54) is 22.9 Å². The molecule has 0 spiro atoms. The van der Waals surface area contributed by atoms with Gasteiger partial charge in [-0.3, -0.25) is 9.48 Å². The lowest BCUT2D eigenvalue weighted by atomic mass is 10.3. The van der Waals surface area contributed by atoms with E-state index in [1.54, 1.807) is 18.1 Å². The molecule has 0 unspecified atom stereocenters. The number of nitrogens with zero attached hydrogens (tertiary/aromatic N) is 4. The predicted molar refractivity (Wildman–Crippen MR) is 62.4 cm³/mol. The van der Waals surface area contributed by atoms with Crippen LogP contribution >= 0.6 is 0 Å². The molecule has 0 aliphatic rings. The van der Waals surface area contributed by atoms with Gasteiger partial charge in [0.25, 0.3) is 5.56 Å². The highest BCUT2D eigenvalue weighted by molar-refractivity contribution is 5.87. The minimum atomic E-state index is -1.06. The van der Waals surface area contributed by atoms with E-state index in [4.69, 9.17) is 5.11 Å². The largest absolute Gasteiger partial charge is 0.478 e. The van der Waals surface area contributed by atoms with Gasteiger partial charge in [0, 0.05) is 32.3 Å². The zero-order valence-electron chi connectivity index (χ0n) is 9.78. The van der Waals surface area contributed by atoms with Crippen LogP contribution in [0.2, 0.25) is 0 Å². The number of hydrogen-bond acceptors (Lipinski definition) is 4. The van der Waals surface area contributed by atoms with Crippen molar-refractivity contribution < 1.29 is 9.90 Å². The Balaban J connectivity index is 2.16. The Hall–Kier alpha value is -2.44. The Bertz CT molecular complexity index is 629. The van der Waals surface area contributed by atoms with E-state index in [0.29, 0.717) is 18.8 Å². The molecule has 2 heterocycles. The van der Waals surface area contributed by atoms with Gasteiger partial charge in [0.1, 0.15) is 6.33 Å². The zero-order chi connectivity index (χ0) is 13.1. The molecule has 0 saturated heterocycles. The molecule has 2 rings (SSSR count). The molecule has 0 saturated carbocycles. The van der Waals surface area contributed by atoms with Crippen molar-refractivity contribution in [2.24, 2.45) is 7.05 Å². The lowest BCUT2D eigenvalue weighted by Crippen LogP contribution is -2.21. The van der Waals surface area contributed by atoms with Crippen LogP contribution in [-0.4, -0.2) is 30.4 Å². The van der Waals surface area contributed by atoms with Crippen LogP contribution in [0.5, 0.6) is 0 Å². The average Bonchev–Trinajstić information content (AvgIpc) is 2.74. The fourth-order valence-corrected chi connectivity index (χ4v) is 1.55. The van der Waals surface area contributed by atoms with E-state index < -0.39 is 5.97 Å². The van der Waals surface area contributed by atoms with E-state index >= 15 is 0 Å². The molecule has 0 bridgehead atoms. The quantitative estimate of drug-likeness (QED) is 0.817. The average molecular weight is 248 g/mol. The third-order valence-electron chi connectivity index (χ3n) is 2.45. The molecule has 7 heteroatoms. The number of pyridine rings is 1. The van der Waals surface area contributed by atoms with Gasteiger partial charge in [-0.05, 0) is 6.07 Å². The van der Waals surface area contributed by atoms with Crippen LogP contribution in [0.15, 0.2) is 29.5 Å². The van der Waals surface area contributed by atoms with Crippen molar-refractivity contribution >= 4 is 5.97 Å². The SMILES string of the molecule is Cn1cnc(CCn2cc(C(=O)O)ccc2=O)n1. The molecule has 18 heavy (non-hydrogen) atoms. The molecule has 0 aliphatic carbocycles. The molecule has 0 aromatic carbocycles. The molecule has 1 N–H and O–H groups in total. The highest BCUT2D eigenvalue weighted by Gasteiger charge is 2.06. The van der Waals surface area contributed by atoms with Crippen LogP contribution in [0, 0.1) is 0 Å². The summed E-state index contributed by atoms with van der Waals surface area (Å²) in [7, 11) is 1.76. The van der Waals surface area contributed by atoms with Gasteiger partial charge >= 0.3 is 5.97 Å². The number of carbonyl (C=O) groups is 1. The summed E-state index contributed by atoms with van der Waals surface area (Å²) in [5.74, 6) is -0.440. The van der Waals surface area contributed by atoms with Gasteiger partial charge < -0.3 is 9.67 Å². The second-order valence-electron chi connectivity index (χ2n) is 3.84. The van der Waals surface area contributed by atoms with Gasteiger partial charge in [0.15, 0.2) is 5.82 Å². The number of aromatic carboxylic acids is 1. The first-order valence-corrected chi connectivity index (χ1v) is 5.34. The van der Waals surface area contributed by atoms with Gasteiger partial charge in [-0.1, -0.05) is 0 Å². The summed E-state index contributed by atoms with van der Waals surface area (Å²) >= 11 is 0. The molecule has 2 aromatic heterocycles.